The molecule has 0 atom stereocenters. The van der Waals surface area contributed by atoms with E-state index in [1.807, 2.05) is 12.1 Å². The molecule has 65 valence electrons. The third-order valence-electron chi connectivity index (χ3n) is 1.70. The van der Waals surface area contributed by atoms with Gasteiger partial charge in [0.25, 0.3) is 0 Å². The molecule has 0 spiro atoms. The second-order valence-electron chi connectivity index (χ2n) is 2.56. The summed E-state index contributed by atoms with van der Waals surface area (Å²) in [6.07, 6.45) is 1.89. The van der Waals surface area contributed by atoms with E-state index < -0.39 is 5.91 Å². The lowest BCUT2D eigenvalue weighted by Crippen LogP contribution is -2.13. The molecule has 0 aliphatic carbocycles. The van der Waals surface area contributed by atoms with Gasteiger partial charge in [0.05, 0.1) is 12.5 Å². The molecule has 3 nitrogen and oxygen atoms in total. The number of benzene rings is 1. The van der Waals surface area contributed by atoms with Gasteiger partial charge < -0.3 is 5.73 Å². The molecule has 0 saturated heterocycles. The zero-order valence-corrected chi connectivity index (χ0v) is 7.03. The molecule has 2 N–H and O–H groups in total. The highest BCUT2D eigenvalue weighted by Crippen LogP contribution is 2.09. The molecule has 1 aromatic rings. The van der Waals surface area contributed by atoms with E-state index in [0.29, 0.717) is 12.0 Å². The standard InChI is InChI=1S/C10H9N2O/c11-7-3-5-8-4-1-2-6-9(8)10(12)13/h1-4,6H,5H2,(H2,12,13). The van der Waals surface area contributed by atoms with E-state index in [-0.39, 0.29) is 0 Å². The Morgan fingerprint density at radius 2 is 2.23 bits per heavy atom. The Bertz CT molecular complexity index is 352. The molecule has 0 aliphatic rings. The maximum Gasteiger partial charge on any atom is 0.248 e. The molecule has 0 aromatic heterocycles. The Kier molecular flexibility index (Phi) is 3.04. The van der Waals surface area contributed by atoms with Gasteiger partial charge in [0.2, 0.25) is 5.91 Å². The first-order chi connectivity index (χ1) is 6.25. The predicted molar refractivity (Wildman–Crippen MR) is 48.6 cm³/mol. The van der Waals surface area contributed by atoms with Gasteiger partial charge in [-0.2, -0.15) is 5.26 Å². The van der Waals surface area contributed by atoms with Gasteiger partial charge in [0, 0.05) is 5.56 Å². The second kappa shape index (κ2) is 4.27. The van der Waals surface area contributed by atoms with Crippen LogP contribution in [0.4, 0.5) is 0 Å². The molecule has 0 saturated carbocycles. The van der Waals surface area contributed by atoms with Crippen LogP contribution in [0.25, 0.3) is 0 Å². The van der Waals surface area contributed by atoms with Crippen LogP contribution in [0.2, 0.25) is 0 Å². The van der Waals surface area contributed by atoms with Crippen LogP contribution in [0.15, 0.2) is 24.3 Å². The number of hydrogen-bond acceptors (Lipinski definition) is 2. The number of hydrogen-bond donors (Lipinski definition) is 1. The Balaban J connectivity index is 2.92. The van der Waals surface area contributed by atoms with Crippen LogP contribution in [-0.2, 0) is 6.42 Å². The van der Waals surface area contributed by atoms with E-state index in [9.17, 15) is 4.79 Å². The number of amides is 1. The Morgan fingerprint density at radius 3 is 2.85 bits per heavy atom. The van der Waals surface area contributed by atoms with Crippen molar-refractivity contribution in [2.24, 2.45) is 5.73 Å². The fourth-order valence-corrected chi connectivity index (χ4v) is 1.09. The van der Waals surface area contributed by atoms with Crippen molar-refractivity contribution in [3.05, 3.63) is 41.8 Å². The van der Waals surface area contributed by atoms with Crippen molar-refractivity contribution in [2.45, 2.75) is 6.42 Å². The normalized spacial score (nSPS) is 9.15. The fourth-order valence-electron chi connectivity index (χ4n) is 1.09. The molecule has 1 radical (unpaired) electrons. The Labute approximate surface area is 76.8 Å². The van der Waals surface area contributed by atoms with E-state index in [4.69, 9.17) is 11.0 Å². The van der Waals surface area contributed by atoms with Crippen LogP contribution < -0.4 is 5.73 Å². The monoisotopic (exact) mass is 173 g/mol. The van der Waals surface area contributed by atoms with Gasteiger partial charge in [-0.3, -0.25) is 4.79 Å². The van der Waals surface area contributed by atoms with Gasteiger partial charge in [-0.1, -0.05) is 18.2 Å². The van der Waals surface area contributed by atoms with Crippen LogP contribution >= 0.6 is 0 Å². The first-order valence-electron chi connectivity index (χ1n) is 3.84. The van der Waals surface area contributed by atoms with E-state index in [1.54, 1.807) is 18.2 Å². The quantitative estimate of drug-likeness (QED) is 0.742. The van der Waals surface area contributed by atoms with Crippen molar-refractivity contribution < 1.29 is 4.79 Å². The average Bonchev–Trinajstić information content (AvgIpc) is 2.15. The minimum atomic E-state index is -0.457. The maximum absolute atomic E-state index is 10.9. The maximum atomic E-state index is 10.9. The van der Waals surface area contributed by atoms with Crippen molar-refractivity contribution in [1.29, 1.82) is 5.26 Å². The fraction of sp³-hybridized carbons (Fsp3) is 0.100. The predicted octanol–water partition coefficient (Wildman–Crippen LogP) is 1.06. The van der Waals surface area contributed by atoms with E-state index in [0.717, 1.165) is 5.56 Å². The van der Waals surface area contributed by atoms with Crippen molar-refractivity contribution in [1.82, 2.24) is 0 Å². The molecule has 1 amide bonds. The number of nitrogens with zero attached hydrogens (tertiary/aromatic N) is 1. The van der Waals surface area contributed by atoms with E-state index in [1.165, 1.54) is 6.42 Å². The molecule has 1 rings (SSSR count). The molecule has 13 heavy (non-hydrogen) atoms. The highest BCUT2D eigenvalue weighted by molar-refractivity contribution is 5.94. The number of rotatable bonds is 3. The molecule has 0 fully saturated rings. The lowest BCUT2D eigenvalue weighted by Gasteiger charge is -2.02. The zero-order valence-electron chi connectivity index (χ0n) is 7.03. The highest BCUT2D eigenvalue weighted by atomic mass is 16.1. The smallest absolute Gasteiger partial charge is 0.248 e. The molecule has 3 heteroatoms. The molecular formula is C10H9N2O. The topological polar surface area (TPSA) is 66.9 Å². The van der Waals surface area contributed by atoms with Gasteiger partial charge in [-0.25, -0.2) is 0 Å². The molecule has 0 aliphatic heterocycles. The summed E-state index contributed by atoms with van der Waals surface area (Å²) in [4.78, 5) is 10.9. The van der Waals surface area contributed by atoms with Crippen LogP contribution in [0.1, 0.15) is 15.9 Å². The third kappa shape index (κ3) is 2.31. The van der Waals surface area contributed by atoms with Crippen LogP contribution in [-0.4, -0.2) is 5.91 Å². The van der Waals surface area contributed by atoms with Crippen LogP contribution in [0.3, 0.4) is 0 Å². The minimum Gasteiger partial charge on any atom is -0.366 e. The Morgan fingerprint density at radius 1 is 1.54 bits per heavy atom. The van der Waals surface area contributed by atoms with Gasteiger partial charge >= 0.3 is 0 Å². The molecule has 0 bridgehead atoms. The summed E-state index contributed by atoms with van der Waals surface area (Å²) in [5, 5.41) is 8.34. The lowest BCUT2D eigenvalue weighted by molar-refractivity contribution is 0.0999. The molecule has 0 unspecified atom stereocenters. The summed E-state index contributed by atoms with van der Waals surface area (Å²) in [6, 6.07) is 8.90. The number of carbonyl (C=O) groups excluding carboxylic acids is 1. The van der Waals surface area contributed by atoms with Crippen molar-refractivity contribution in [3.63, 3.8) is 0 Å². The molecule has 0 heterocycles. The third-order valence-corrected chi connectivity index (χ3v) is 1.70. The van der Waals surface area contributed by atoms with Crippen molar-refractivity contribution in [3.8, 4) is 6.07 Å². The van der Waals surface area contributed by atoms with Crippen molar-refractivity contribution in [2.75, 3.05) is 0 Å². The summed E-state index contributed by atoms with van der Waals surface area (Å²) in [7, 11) is 0. The largest absolute Gasteiger partial charge is 0.366 e. The zero-order chi connectivity index (χ0) is 9.68. The summed E-state index contributed by atoms with van der Waals surface area (Å²) in [5.41, 5.74) is 6.42. The highest BCUT2D eigenvalue weighted by Gasteiger charge is 2.05. The number of nitrogens with two attached hydrogens (primary N) is 1. The first kappa shape index (κ1) is 9.27. The second-order valence-corrected chi connectivity index (χ2v) is 2.56. The molecular weight excluding hydrogens is 164 g/mol. The summed E-state index contributed by atoms with van der Waals surface area (Å²) >= 11 is 0. The summed E-state index contributed by atoms with van der Waals surface area (Å²) < 4.78 is 0. The number of carbonyl (C=O) groups is 1. The Hall–Kier alpha value is -1.82. The summed E-state index contributed by atoms with van der Waals surface area (Å²) in [6.45, 7) is 0. The van der Waals surface area contributed by atoms with Gasteiger partial charge in [-0.15, -0.1) is 0 Å². The van der Waals surface area contributed by atoms with Crippen molar-refractivity contribution >= 4 is 5.91 Å². The van der Waals surface area contributed by atoms with E-state index >= 15 is 0 Å². The summed E-state index contributed by atoms with van der Waals surface area (Å²) in [5.74, 6) is -0.457. The van der Waals surface area contributed by atoms with Crippen LogP contribution in [0, 0.1) is 17.8 Å². The first-order valence-corrected chi connectivity index (χ1v) is 3.84. The van der Waals surface area contributed by atoms with Gasteiger partial charge in [0.15, 0.2) is 0 Å². The molecule has 1 aromatic carbocycles. The van der Waals surface area contributed by atoms with Gasteiger partial charge in [0.1, 0.15) is 0 Å². The van der Waals surface area contributed by atoms with Crippen LogP contribution in [0.5, 0.6) is 0 Å². The lowest BCUT2D eigenvalue weighted by atomic mass is 10.0. The minimum absolute atomic E-state index is 0.454. The van der Waals surface area contributed by atoms with Gasteiger partial charge in [-0.05, 0) is 18.1 Å². The van der Waals surface area contributed by atoms with E-state index in [2.05, 4.69) is 0 Å². The number of nitriles is 1. The SMILES string of the molecule is N#C[CH]Cc1ccccc1C(N)=O. The number of primary amides is 1. The average molecular weight is 173 g/mol.